The molecule has 5 nitrogen and oxygen atoms in total. The number of anilines is 1. The molecule has 0 bridgehead atoms. The van der Waals surface area contributed by atoms with Crippen LogP contribution in [0.15, 0.2) is 27.4 Å². The van der Waals surface area contributed by atoms with Gasteiger partial charge in [-0.3, -0.25) is 4.79 Å². The van der Waals surface area contributed by atoms with E-state index in [1.807, 2.05) is 12.1 Å². The van der Waals surface area contributed by atoms with Crippen LogP contribution in [0.1, 0.15) is 6.92 Å². The van der Waals surface area contributed by atoms with E-state index in [0.717, 1.165) is 19.8 Å². The Balaban J connectivity index is 2.54. The number of halogens is 2. The summed E-state index contributed by atoms with van der Waals surface area (Å²) in [7, 11) is 0. The highest BCUT2D eigenvalue weighted by molar-refractivity contribution is 9.11. The molecule has 7 heteroatoms. The number of rotatable bonds is 3. The Morgan fingerprint density at radius 1 is 1.39 bits per heavy atom. The van der Waals surface area contributed by atoms with E-state index >= 15 is 0 Å². The Bertz CT molecular complexity index is 619. The Morgan fingerprint density at radius 2 is 2.11 bits per heavy atom. The molecule has 18 heavy (non-hydrogen) atoms. The van der Waals surface area contributed by atoms with Crippen LogP contribution in [0.25, 0.3) is 10.9 Å². The van der Waals surface area contributed by atoms with Crippen LogP contribution in [0.4, 0.5) is 5.82 Å². The predicted octanol–water partition coefficient (Wildman–Crippen LogP) is 3.04. The van der Waals surface area contributed by atoms with Crippen molar-refractivity contribution in [2.24, 2.45) is 0 Å². The van der Waals surface area contributed by atoms with E-state index < -0.39 is 12.0 Å². The van der Waals surface area contributed by atoms with Gasteiger partial charge in [-0.1, -0.05) is 15.9 Å². The maximum Gasteiger partial charge on any atom is 0.325 e. The molecular weight excluding hydrogens is 366 g/mol. The standard InChI is InChI=1S/C11H9Br2N3O2/c1-5(11(17)18)16-10-7-2-6(12)3-8(13)9(7)14-4-15-10/h2-5H,1H3,(H,17,18)(H,14,15,16)/t5-/m0/s1. The Hall–Kier alpha value is -1.21. The predicted molar refractivity (Wildman–Crippen MR) is 75.7 cm³/mol. The zero-order valence-electron chi connectivity index (χ0n) is 9.32. The lowest BCUT2D eigenvalue weighted by molar-refractivity contribution is -0.137. The summed E-state index contributed by atoms with van der Waals surface area (Å²) in [5, 5.41) is 12.5. The highest BCUT2D eigenvalue weighted by atomic mass is 79.9. The van der Waals surface area contributed by atoms with Crippen LogP contribution in [0.3, 0.4) is 0 Å². The molecule has 1 aromatic heterocycles. The number of aromatic nitrogens is 2. The van der Waals surface area contributed by atoms with E-state index in [0.29, 0.717) is 5.82 Å². The van der Waals surface area contributed by atoms with Gasteiger partial charge in [0.1, 0.15) is 18.2 Å². The third-order valence-corrected chi connectivity index (χ3v) is 3.44. The first kappa shape index (κ1) is 13.2. The van der Waals surface area contributed by atoms with Crippen molar-refractivity contribution in [3.8, 4) is 0 Å². The third kappa shape index (κ3) is 2.62. The van der Waals surface area contributed by atoms with Crippen molar-refractivity contribution < 1.29 is 9.90 Å². The van der Waals surface area contributed by atoms with Gasteiger partial charge in [0.05, 0.1) is 5.52 Å². The third-order valence-electron chi connectivity index (χ3n) is 2.38. The number of carboxylic acids is 1. The molecule has 0 amide bonds. The molecular formula is C11H9Br2N3O2. The van der Waals surface area contributed by atoms with Gasteiger partial charge in [-0.25, -0.2) is 9.97 Å². The van der Waals surface area contributed by atoms with Crippen LogP contribution in [-0.4, -0.2) is 27.1 Å². The summed E-state index contributed by atoms with van der Waals surface area (Å²) in [6.07, 6.45) is 1.40. The highest BCUT2D eigenvalue weighted by Crippen LogP contribution is 2.30. The van der Waals surface area contributed by atoms with E-state index in [1.165, 1.54) is 6.33 Å². The van der Waals surface area contributed by atoms with Crippen molar-refractivity contribution >= 4 is 54.5 Å². The summed E-state index contributed by atoms with van der Waals surface area (Å²) in [6, 6.07) is 3.00. The van der Waals surface area contributed by atoms with E-state index in [4.69, 9.17) is 5.11 Å². The van der Waals surface area contributed by atoms with Gasteiger partial charge in [-0.2, -0.15) is 0 Å². The summed E-state index contributed by atoms with van der Waals surface area (Å²) in [4.78, 5) is 19.1. The first-order chi connectivity index (χ1) is 8.49. The van der Waals surface area contributed by atoms with Gasteiger partial charge in [-0.15, -0.1) is 0 Å². The molecule has 0 saturated carbocycles. The molecule has 1 aromatic carbocycles. The number of hydrogen-bond donors (Lipinski definition) is 2. The minimum Gasteiger partial charge on any atom is -0.480 e. The molecule has 1 atom stereocenters. The SMILES string of the molecule is C[C@H](Nc1ncnc2c(Br)cc(Br)cc12)C(=O)O. The molecule has 0 fully saturated rings. The van der Waals surface area contributed by atoms with E-state index in [1.54, 1.807) is 6.92 Å². The summed E-state index contributed by atoms with van der Waals surface area (Å²) in [5.41, 5.74) is 0.730. The summed E-state index contributed by atoms with van der Waals surface area (Å²) < 4.78 is 1.68. The number of carbonyl (C=O) groups is 1. The fraction of sp³-hybridized carbons (Fsp3) is 0.182. The first-order valence-corrected chi connectivity index (χ1v) is 6.66. The largest absolute Gasteiger partial charge is 0.480 e. The fourth-order valence-corrected chi connectivity index (χ4v) is 2.80. The average Bonchev–Trinajstić information content (AvgIpc) is 2.29. The normalized spacial score (nSPS) is 12.4. The Labute approximate surface area is 120 Å². The van der Waals surface area contributed by atoms with Crippen LogP contribution in [0.5, 0.6) is 0 Å². The molecule has 2 N–H and O–H groups in total. The van der Waals surface area contributed by atoms with Gasteiger partial charge in [0.2, 0.25) is 0 Å². The fourth-order valence-electron chi connectivity index (χ4n) is 1.47. The number of nitrogens with zero attached hydrogens (tertiary/aromatic N) is 2. The minimum atomic E-state index is -0.934. The van der Waals surface area contributed by atoms with Crippen molar-refractivity contribution in [1.29, 1.82) is 0 Å². The van der Waals surface area contributed by atoms with Gasteiger partial charge in [0, 0.05) is 14.3 Å². The maximum absolute atomic E-state index is 10.8. The molecule has 0 unspecified atom stereocenters. The van der Waals surface area contributed by atoms with Gasteiger partial charge >= 0.3 is 5.97 Å². The first-order valence-electron chi connectivity index (χ1n) is 5.08. The van der Waals surface area contributed by atoms with Gasteiger partial charge < -0.3 is 10.4 Å². The van der Waals surface area contributed by atoms with Crippen LogP contribution in [0, 0.1) is 0 Å². The summed E-state index contributed by atoms with van der Waals surface area (Å²) in [5.74, 6) is -0.437. The topological polar surface area (TPSA) is 75.1 Å². The van der Waals surface area contributed by atoms with E-state index in [-0.39, 0.29) is 0 Å². The zero-order valence-corrected chi connectivity index (χ0v) is 12.5. The number of fused-ring (bicyclic) bond motifs is 1. The molecule has 0 aliphatic heterocycles. The van der Waals surface area contributed by atoms with Gasteiger partial charge in [-0.05, 0) is 35.0 Å². The number of benzene rings is 1. The lowest BCUT2D eigenvalue weighted by atomic mass is 10.2. The summed E-state index contributed by atoms with van der Waals surface area (Å²) in [6.45, 7) is 1.56. The monoisotopic (exact) mass is 373 g/mol. The van der Waals surface area contributed by atoms with Crippen LogP contribution < -0.4 is 5.32 Å². The van der Waals surface area contributed by atoms with Crippen molar-refractivity contribution in [3.63, 3.8) is 0 Å². The van der Waals surface area contributed by atoms with E-state index in [9.17, 15) is 4.79 Å². The quantitative estimate of drug-likeness (QED) is 0.863. The second-order valence-corrected chi connectivity index (χ2v) is 5.48. The molecule has 0 aliphatic carbocycles. The van der Waals surface area contributed by atoms with Gasteiger partial charge in [0.15, 0.2) is 0 Å². The number of carboxylic acid groups (broad SMARTS) is 1. The number of nitrogens with one attached hydrogen (secondary N) is 1. The van der Waals surface area contributed by atoms with Crippen molar-refractivity contribution in [2.75, 3.05) is 5.32 Å². The number of aliphatic carboxylic acids is 1. The molecule has 94 valence electrons. The van der Waals surface area contributed by atoms with Gasteiger partial charge in [0.25, 0.3) is 0 Å². The average molecular weight is 375 g/mol. The van der Waals surface area contributed by atoms with Crippen molar-refractivity contribution in [2.45, 2.75) is 13.0 Å². The van der Waals surface area contributed by atoms with Crippen molar-refractivity contribution in [1.82, 2.24) is 9.97 Å². The Morgan fingerprint density at radius 3 is 2.78 bits per heavy atom. The molecule has 1 heterocycles. The lowest BCUT2D eigenvalue weighted by Gasteiger charge is -2.12. The van der Waals surface area contributed by atoms with Crippen molar-refractivity contribution in [3.05, 3.63) is 27.4 Å². The lowest BCUT2D eigenvalue weighted by Crippen LogP contribution is -2.26. The molecule has 0 spiro atoms. The second kappa shape index (κ2) is 5.19. The molecule has 2 aromatic rings. The minimum absolute atomic E-state index is 0.497. The maximum atomic E-state index is 10.8. The Kier molecular flexibility index (Phi) is 3.82. The van der Waals surface area contributed by atoms with Crippen LogP contribution >= 0.6 is 31.9 Å². The van der Waals surface area contributed by atoms with E-state index in [2.05, 4.69) is 47.1 Å². The highest BCUT2D eigenvalue weighted by Gasteiger charge is 2.14. The molecule has 0 aliphatic rings. The van der Waals surface area contributed by atoms with Crippen LogP contribution in [-0.2, 0) is 4.79 Å². The molecule has 0 radical (unpaired) electrons. The number of hydrogen-bond acceptors (Lipinski definition) is 4. The smallest absolute Gasteiger partial charge is 0.325 e. The molecule has 2 rings (SSSR count). The molecule has 0 saturated heterocycles. The van der Waals surface area contributed by atoms with Crippen LogP contribution in [0.2, 0.25) is 0 Å². The second-order valence-electron chi connectivity index (χ2n) is 3.71. The zero-order chi connectivity index (χ0) is 13.3. The summed E-state index contributed by atoms with van der Waals surface area (Å²) >= 11 is 6.80.